The molecule has 0 amide bonds. The van der Waals surface area contributed by atoms with Gasteiger partial charge in [0.1, 0.15) is 18.1 Å². The standard InChI is InChI=1S/C11H15NO2/c1-2-5-12-6-7-14-11-4-3-9(13)8-10(11)12/h3-4,8,13H,2,5-7H2,1H3. The van der Waals surface area contributed by atoms with Crippen molar-refractivity contribution in [3.8, 4) is 11.5 Å². The van der Waals surface area contributed by atoms with Gasteiger partial charge in [-0.1, -0.05) is 6.92 Å². The van der Waals surface area contributed by atoms with Gasteiger partial charge in [0, 0.05) is 12.6 Å². The van der Waals surface area contributed by atoms with E-state index in [-0.39, 0.29) is 0 Å². The SMILES string of the molecule is CCCN1CCOc2ccc(O)cc21. The van der Waals surface area contributed by atoms with Crippen LogP contribution in [0.3, 0.4) is 0 Å². The highest BCUT2D eigenvalue weighted by Crippen LogP contribution is 2.34. The number of hydrogen-bond donors (Lipinski definition) is 1. The normalized spacial score (nSPS) is 14.8. The van der Waals surface area contributed by atoms with E-state index in [2.05, 4.69) is 11.8 Å². The van der Waals surface area contributed by atoms with Crippen LogP contribution in [-0.4, -0.2) is 24.8 Å². The lowest BCUT2D eigenvalue weighted by Crippen LogP contribution is -2.33. The van der Waals surface area contributed by atoms with E-state index in [1.807, 2.05) is 6.07 Å². The lowest BCUT2D eigenvalue weighted by atomic mass is 10.2. The lowest BCUT2D eigenvalue weighted by molar-refractivity contribution is 0.306. The van der Waals surface area contributed by atoms with Crippen LogP contribution in [0.15, 0.2) is 18.2 Å². The molecule has 1 aliphatic rings. The van der Waals surface area contributed by atoms with Gasteiger partial charge in [-0.3, -0.25) is 0 Å². The van der Waals surface area contributed by atoms with Crippen LogP contribution in [0.5, 0.6) is 11.5 Å². The minimum Gasteiger partial charge on any atom is -0.508 e. The topological polar surface area (TPSA) is 32.7 Å². The summed E-state index contributed by atoms with van der Waals surface area (Å²) < 4.78 is 5.50. The van der Waals surface area contributed by atoms with Crippen LogP contribution in [0.2, 0.25) is 0 Å². The van der Waals surface area contributed by atoms with Crippen molar-refractivity contribution in [3.05, 3.63) is 18.2 Å². The zero-order valence-electron chi connectivity index (χ0n) is 8.36. The number of benzene rings is 1. The van der Waals surface area contributed by atoms with E-state index in [0.29, 0.717) is 5.75 Å². The molecule has 0 atom stereocenters. The third-order valence-corrected chi connectivity index (χ3v) is 2.40. The quantitative estimate of drug-likeness (QED) is 0.779. The molecule has 0 fully saturated rings. The van der Waals surface area contributed by atoms with E-state index in [9.17, 15) is 5.11 Å². The predicted molar refractivity (Wildman–Crippen MR) is 56.1 cm³/mol. The molecule has 0 spiro atoms. The number of aromatic hydroxyl groups is 1. The largest absolute Gasteiger partial charge is 0.508 e. The Labute approximate surface area is 83.9 Å². The molecule has 1 aromatic carbocycles. The molecule has 0 saturated heterocycles. The molecule has 0 saturated carbocycles. The third kappa shape index (κ3) is 1.62. The zero-order valence-corrected chi connectivity index (χ0v) is 8.36. The van der Waals surface area contributed by atoms with Crippen molar-refractivity contribution in [1.29, 1.82) is 0 Å². The Morgan fingerprint density at radius 2 is 2.36 bits per heavy atom. The number of rotatable bonds is 2. The molecular weight excluding hydrogens is 178 g/mol. The number of phenols is 1. The maximum atomic E-state index is 9.39. The summed E-state index contributed by atoms with van der Waals surface area (Å²) in [6.07, 6.45) is 1.11. The van der Waals surface area contributed by atoms with Crippen molar-refractivity contribution in [2.75, 3.05) is 24.6 Å². The number of fused-ring (bicyclic) bond motifs is 1. The Morgan fingerprint density at radius 3 is 3.14 bits per heavy atom. The zero-order chi connectivity index (χ0) is 9.97. The van der Waals surface area contributed by atoms with E-state index in [1.54, 1.807) is 12.1 Å². The smallest absolute Gasteiger partial charge is 0.142 e. The van der Waals surface area contributed by atoms with Crippen LogP contribution in [0.4, 0.5) is 5.69 Å². The summed E-state index contributed by atoms with van der Waals surface area (Å²) in [5.74, 6) is 1.18. The van der Waals surface area contributed by atoms with Crippen LogP contribution >= 0.6 is 0 Å². The summed E-state index contributed by atoms with van der Waals surface area (Å²) in [5, 5.41) is 9.39. The fourth-order valence-corrected chi connectivity index (χ4v) is 1.76. The van der Waals surface area contributed by atoms with E-state index >= 15 is 0 Å². The molecule has 0 aliphatic carbocycles. The molecule has 1 aromatic rings. The van der Waals surface area contributed by atoms with Gasteiger partial charge in [0.05, 0.1) is 12.2 Å². The number of hydrogen-bond acceptors (Lipinski definition) is 3. The summed E-state index contributed by atoms with van der Waals surface area (Å²) >= 11 is 0. The van der Waals surface area contributed by atoms with Crippen molar-refractivity contribution >= 4 is 5.69 Å². The summed E-state index contributed by atoms with van der Waals surface area (Å²) in [6, 6.07) is 5.25. The number of ether oxygens (including phenoxy) is 1. The van der Waals surface area contributed by atoms with Crippen LogP contribution in [-0.2, 0) is 0 Å². The Hall–Kier alpha value is -1.38. The van der Waals surface area contributed by atoms with Gasteiger partial charge in [-0.15, -0.1) is 0 Å². The van der Waals surface area contributed by atoms with Crippen LogP contribution in [0.25, 0.3) is 0 Å². The molecule has 3 nitrogen and oxygen atoms in total. The Balaban J connectivity index is 2.32. The van der Waals surface area contributed by atoms with Gasteiger partial charge in [0.25, 0.3) is 0 Å². The number of anilines is 1. The van der Waals surface area contributed by atoms with Crippen molar-refractivity contribution in [3.63, 3.8) is 0 Å². The maximum absolute atomic E-state index is 9.39. The molecule has 0 unspecified atom stereocenters. The molecule has 0 aromatic heterocycles. The molecule has 0 bridgehead atoms. The van der Waals surface area contributed by atoms with Gasteiger partial charge >= 0.3 is 0 Å². The molecule has 14 heavy (non-hydrogen) atoms. The highest BCUT2D eigenvalue weighted by Gasteiger charge is 2.17. The number of phenolic OH excluding ortho intramolecular Hbond substituents is 1. The molecule has 0 radical (unpaired) electrons. The van der Waals surface area contributed by atoms with Gasteiger partial charge in [-0.05, 0) is 18.6 Å². The minimum atomic E-state index is 0.301. The molecule has 1 heterocycles. The van der Waals surface area contributed by atoms with Crippen molar-refractivity contribution in [2.24, 2.45) is 0 Å². The highest BCUT2D eigenvalue weighted by atomic mass is 16.5. The number of nitrogens with zero attached hydrogens (tertiary/aromatic N) is 1. The molecule has 1 aliphatic heterocycles. The molecule has 3 heteroatoms. The van der Waals surface area contributed by atoms with E-state index in [0.717, 1.165) is 37.6 Å². The Morgan fingerprint density at radius 1 is 1.50 bits per heavy atom. The second-order valence-corrected chi connectivity index (χ2v) is 3.49. The second-order valence-electron chi connectivity index (χ2n) is 3.49. The van der Waals surface area contributed by atoms with Gasteiger partial charge < -0.3 is 14.7 Å². The average Bonchev–Trinajstić information content (AvgIpc) is 2.19. The lowest BCUT2D eigenvalue weighted by Gasteiger charge is -2.30. The molecule has 76 valence electrons. The summed E-state index contributed by atoms with van der Waals surface area (Å²) in [4.78, 5) is 2.25. The first-order valence-corrected chi connectivity index (χ1v) is 5.02. The van der Waals surface area contributed by atoms with Gasteiger partial charge in [-0.2, -0.15) is 0 Å². The van der Waals surface area contributed by atoms with Crippen LogP contribution in [0.1, 0.15) is 13.3 Å². The maximum Gasteiger partial charge on any atom is 0.142 e. The molecule has 2 rings (SSSR count). The van der Waals surface area contributed by atoms with Gasteiger partial charge in [-0.25, -0.2) is 0 Å². The molecular formula is C11H15NO2. The van der Waals surface area contributed by atoms with Crippen LogP contribution in [0, 0.1) is 0 Å². The third-order valence-electron chi connectivity index (χ3n) is 2.40. The summed E-state index contributed by atoms with van der Waals surface area (Å²) in [6.45, 7) is 4.81. The second kappa shape index (κ2) is 3.78. The first kappa shape index (κ1) is 9.19. The summed E-state index contributed by atoms with van der Waals surface area (Å²) in [5.41, 5.74) is 1.01. The minimum absolute atomic E-state index is 0.301. The van der Waals surface area contributed by atoms with E-state index in [1.165, 1.54) is 0 Å². The van der Waals surface area contributed by atoms with Gasteiger partial charge in [0.15, 0.2) is 0 Å². The van der Waals surface area contributed by atoms with E-state index < -0.39 is 0 Å². The fourth-order valence-electron chi connectivity index (χ4n) is 1.76. The predicted octanol–water partition coefficient (Wildman–Crippen LogP) is 2.00. The molecule has 1 N–H and O–H groups in total. The highest BCUT2D eigenvalue weighted by molar-refractivity contribution is 5.62. The van der Waals surface area contributed by atoms with Crippen molar-refractivity contribution < 1.29 is 9.84 Å². The average molecular weight is 193 g/mol. The summed E-state index contributed by atoms with van der Waals surface area (Å²) in [7, 11) is 0. The van der Waals surface area contributed by atoms with Crippen molar-refractivity contribution in [2.45, 2.75) is 13.3 Å². The Bertz CT molecular complexity index is 325. The monoisotopic (exact) mass is 193 g/mol. The first-order valence-electron chi connectivity index (χ1n) is 5.02. The Kier molecular flexibility index (Phi) is 2.48. The van der Waals surface area contributed by atoms with E-state index in [4.69, 9.17) is 4.74 Å². The van der Waals surface area contributed by atoms with Crippen LogP contribution < -0.4 is 9.64 Å². The first-order chi connectivity index (χ1) is 6.81. The van der Waals surface area contributed by atoms with Crippen molar-refractivity contribution in [1.82, 2.24) is 0 Å². The van der Waals surface area contributed by atoms with Gasteiger partial charge in [0.2, 0.25) is 0 Å². The fraction of sp³-hybridized carbons (Fsp3) is 0.455.